The molecule has 0 bridgehead atoms. The number of hydrogen-bond donors (Lipinski definition) is 0. The van der Waals surface area contributed by atoms with Gasteiger partial charge in [0.25, 0.3) is 0 Å². The number of carbonyl (C=O) groups is 2. The molecule has 1 saturated carbocycles. The number of benzene rings is 1. The number of morpholine rings is 1. The second-order valence-corrected chi connectivity index (χ2v) is 9.61. The highest BCUT2D eigenvalue weighted by Crippen LogP contribution is 2.42. The van der Waals surface area contributed by atoms with E-state index in [9.17, 15) is 9.59 Å². The Balaban J connectivity index is 1.09. The molecule has 1 aliphatic carbocycles. The first kappa shape index (κ1) is 19.4. The molecule has 1 atom stereocenters. The van der Waals surface area contributed by atoms with E-state index in [-0.39, 0.29) is 24.0 Å². The molecule has 5 fully saturated rings. The molecule has 6 rings (SSSR count). The van der Waals surface area contributed by atoms with E-state index in [0.717, 1.165) is 58.8 Å². The minimum absolute atomic E-state index is 0.0321. The summed E-state index contributed by atoms with van der Waals surface area (Å²) in [6.45, 7) is 7.77. The number of rotatable bonds is 4. The van der Waals surface area contributed by atoms with Crippen LogP contribution in [0.5, 0.6) is 0 Å². The van der Waals surface area contributed by atoms with Gasteiger partial charge in [-0.15, -0.1) is 0 Å². The van der Waals surface area contributed by atoms with Crippen LogP contribution in [0.1, 0.15) is 18.4 Å². The molecule has 8 nitrogen and oxygen atoms in total. The fourth-order valence-electron chi connectivity index (χ4n) is 5.46. The zero-order valence-corrected chi connectivity index (χ0v) is 17.9. The number of nitrogens with zero attached hydrogens (tertiary/aromatic N) is 4. The second kappa shape index (κ2) is 7.38. The molecular weight excluding hydrogens is 396 g/mol. The van der Waals surface area contributed by atoms with Gasteiger partial charge in [-0.3, -0.25) is 14.6 Å². The normalized spacial score (nSPS) is 27.8. The van der Waals surface area contributed by atoms with E-state index in [4.69, 9.17) is 9.47 Å². The summed E-state index contributed by atoms with van der Waals surface area (Å²) in [6, 6.07) is 8.86. The lowest BCUT2D eigenvalue weighted by atomic mass is 9.84. The number of piperazine rings is 1. The van der Waals surface area contributed by atoms with Crippen LogP contribution in [-0.2, 0) is 20.8 Å². The van der Waals surface area contributed by atoms with Crippen LogP contribution < -0.4 is 4.90 Å². The zero-order valence-electron chi connectivity index (χ0n) is 17.9. The summed E-state index contributed by atoms with van der Waals surface area (Å²) in [7, 11) is 0. The third kappa shape index (κ3) is 3.46. The Hall–Kier alpha value is -2.32. The van der Waals surface area contributed by atoms with Crippen molar-refractivity contribution >= 4 is 17.7 Å². The minimum Gasteiger partial charge on any atom is -0.437 e. The van der Waals surface area contributed by atoms with Gasteiger partial charge in [0.15, 0.2) is 5.60 Å². The fourth-order valence-corrected chi connectivity index (χ4v) is 5.46. The number of likely N-dealkylation sites (tertiary alicyclic amines) is 1. The van der Waals surface area contributed by atoms with Crippen LogP contribution in [0.15, 0.2) is 24.3 Å². The molecule has 4 saturated heterocycles. The number of amides is 2. The highest BCUT2D eigenvalue weighted by Gasteiger charge is 2.63. The number of carbonyl (C=O) groups excluding carboxylic acids is 2. The van der Waals surface area contributed by atoms with E-state index in [0.29, 0.717) is 19.6 Å². The predicted molar refractivity (Wildman–Crippen MR) is 114 cm³/mol. The van der Waals surface area contributed by atoms with Crippen molar-refractivity contribution in [3.8, 4) is 0 Å². The van der Waals surface area contributed by atoms with Crippen molar-refractivity contribution in [2.24, 2.45) is 5.92 Å². The van der Waals surface area contributed by atoms with Gasteiger partial charge in [0, 0.05) is 50.9 Å². The molecule has 166 valence electrons. The largest absolute Gasteiger partial charge is 0.437 e. The monoisotopic (exact) mass is 426 g/mol. The van der Waals surface area contributed by atoms with E-state index in [1.54, 1.807) is 0 Å². The molecule has 0 radical (unpaired) electrons. The van der Waals surface area contributed by atoms with Gasteiger partial charge in [0.2, 0.25) is 5.91 Å². The molecule has 31 heavy (non-hydrogen) atoms. The SMILES string of the molecule is O=C(C1CC1)N1CC2(C1)OC(=O)N1CCN(Cc3ccc(N4CCOCC4)cc3)CC12. The molecule has 1 aromatic carbocycles. The maximum absolute atomic E-state index is 12.5. The van der Waals surface area contributed by atoms with Gasteiger partial charge >= 0.3 is 6.09 Å². The lowest BCUT2D eigenvalue weighted by Crippen LogP contribution is -2.72. The van der Waals surface area contributed by atoms with Crippen LogP contribution in [0.25, 0.3) is 0 Å². The molecule has 4 heterocycles. The lowest BCUT2D eigenvalue weighted by molar-refractivity contribution is -0.157. The third-order valence-electron chi connectivity index (χ3n) is 7.47. The van der Waals surface area contributed by atoms with Crippen LogP contribution >= 0.6 is 0 Å². The van der Waals surface area contributed by atoms with Gasteiger partial charge in [-0.05, 0) is 30.5 Å². The Morgan fingerprint density at radius 3 is 2.48 bits per heavy atom. The summed E-state index contributed by atoms with van der Waals surface area (Å²) in [6.07, 6.45) is 1.81. The second-order valence-electron chi connectivity index (χ2n) is 9.61. The molecule has 1 aromatic rings. The molecule has 8 heteroatoms. The summed E-state index contributed by atoms with van der Waals surface area (Å²) in [5.41, 5.74) is 2.02. The molecular formula is C23H30N4O4. The van der Waals surface area contributed by atoms with Crippen LogP contribution in [0, 0.1) is 5.92 Å². The maximum atomic E-state index is 12.5. The Bertz CT molecular complexity index is 859. The molecule has 2 amide bonds. The molecule has 1 unspecified atom stereocenters. The lowest BCUT2D eigenvalue weighted by Gasteiger charge is -2.51. The van der Waals surface area contributed by atoms with E-state index >= 15 is 0 Å². The quantitative estimate of drug-likeness (QED) is 0.720. The van der Waals surface area contributed by atoms with Gasteiger partial charge in [-0.2, -0.15) is 0 Å². The van der Waals surface area contributed by atoms with Crippen LogP contribution in [-0.4, -0.2) is 97.4 Å². The number of fused-ring (bicyclic) bond motifs is 2. The first-order valence-corrected chi connectivity index (χ1v) is 11.5. The number of ether oxygens (including phenoxy) is 2. The van der Waals surface area contributed by atoms with E-state index < -0.39 is 5.60 Å². The van der Waals surface area contributed by atoms with Gasteiger partial charge in [0.1, 0.15) is 0 Å². The van der Waals surface area contributed by atoms with Crippen LogP contribution in [0.4, 0.5) is 10.5 Å². The van der Waals surface area contributed by atoms with Crippen LogP contribution in [0.2, 0.25) is 0 Å². The van der Waals surface area contributed by atoms with Crippen LogP contribution in [0.3, 0.4) is 0 Å². The molecule has 0 N–H and O–H groups in total. The summed E-state index contributed by atoms with van der Waals surface area (Å²) in [5, 5.41) is 0. The van der Waals surface area contributed by atoms with E-state index in [1.165, 1.54) is 11.3 Å². The van der Waals surface area contributed by atoms with Gasteiger partial charge in [0.05, 0.1) is 32.3 Å². The first-order chi connectivity index (χ1) is 15.1. The van der Waals surface area contributed by atoms with Crippen molar-refractivity contribution in [3.63, 3.8) is 0 Å². The van der Waals surface area contributed by atoms with Crippen molar-refractivity contribution in [3.05, 3.63) is 29.8 Å². The minimum atomic E-state index is -0.513. The average Bonchev–Trinajstić information content (AvgIpc) is 3.58. The Morgan fingerprint density at radius 1 is 1.03 bits per heavy atom. The summed E-state index contributed by atoms with van der Waals surface area (Å²) in [4.78, 5) is 33.4. The van der Waals surface area contributed by atoms with Crippen molar-refractivity contribution in [2.75, 3.05) is 63.9 Å². The Morgan fingerprint density at radius 2 is 1.77 bits per heavy atom. The van der Waals surface area contributed by atoms with Crippen molar-refractivity contribution in [1.29, 1.82) is 0 Å². The number of anilines is 1. The topological polar surface area (TPSA) is 65.6 Å². The smallest absolute Gasteiger partial charge is 0.411 e. The standard InChI is InChI=1S/C23H30N4O4/c28-21(18-3-4-18)26-15-23(16-26)20-14-24(7-8-27(20)22(29)31-23)13-17-1-5-19(6-2-17)25-9-11-30-12-10-25/h1-2,5-6,18,20H,3-4,7-16H2. The fraction of sp³-hybridized carbons (Fsp3) is 0.652. The van der Waals surface area contributed by atoms with Crippen molar-refractivity contribution < 1.29 is 19.1 Å². The summed E-state index contributed by atoms with van der Waals surface area (Å²) < 4.78 is 11.3. The highest BCUT2D eigenvalue weighted by molar-refractivity contribution is 5.83. The van der Waals surface area contributed by atoms with E-state index in [2.05, 4.69) is 34.1 Å². The predicted octanol–water partition coefficient (Wildman–Crippen LogP) is 1.15. The summed E-state index contributed by atoms with van der Waals surface area (Å²) in [5.74, 6) is 0.460. The Kier molecular flexibility index (Phi) is 4.61. The van der Waals surface area contributed by atoms with Crippen molar-refractivity contribution in [1.82, 2.24) is 14.7 Å². The maximum Gasteiger partial charge on any atom is 0.411 e. The molecule has 5 aliphatic rings. The highest BCUT2D eigenvalue weighted by atomic mass is 16.6. The zero-order chi connectivity index (χ0) is 21.0. The van der Waals surface area contributed by atoms with Crippen molar-refractivity contribution in [2.45, 2.75) is 31.0 Å². The third-order valence-corrected chi connectivity index (χ3v) is 7.47. The summed E-state index contributed by atoms with van der Waals surface area (Å²) >= 11 is 0. The molecule has 1 spiro atoms. The Labute approximate surface area is 182 Å². The van der Waals surface area contributed by atoms with Gasteiger partial charge in [-0.25, -0.2) is 4.79 Å². The van der Waals surface area contributed by atoms with E-state index in [1.807, 2.05) is 9.80 Å². The van der Waals surface area contributed by atoms with Gasteiger partial charge in [-0.1, -0.05) is 12.1 Å². The van der Waals surface area contributed by atoms with Gasteiger partial charge < -0.3 is 19.3 Å². The molecule has 4 aliphatic heterocycles. The first-order valence-electron chi connectivity index (χ1n) is 11.5. The number of hydrogen-bond acceptors (Lipinski definition) is 6. The average molecular weight is 427 g/mol. The molecule has 0 aromatic heterocycles.